The summed E-state index contributed by atoms with van der Waals surface area (Å²) in [7, 11) is -3.64. The third-order valence-corrected chi connectivity index (χ3v) is 5.87. The van der Waals surface area contributed by atoms with Crippen molar-refractivity contribution in [1.29, 1.82) is 0 Å². The minimum atomic E-state index is -3.64. The third-order valence-electron chi connectivity index (χ3n) is 4.41. The summed E-state index contributed by atoms with van der Waals surface area (Å²) in [6.07, 6.45) is 5.09. The average Bonchev–Trinajstić information content (AvgIpc) is 3.20. The van der Waals surface area contributed by atoms with Crippen LogP contribution in [0.25, 0.3) is 0 Å². The number of nitrogens with zero attached hydrogens (tertiary/aromatic N) is 2. The number of sulfonamides is 1. The predicted molar refractivity (Wildman–Crippen MR) is 99.3 cm³/mol. The van der Waals surface area contributed by atoms with Gasteiger partial charge in [0.25, 0.3) is 5.91 Å². The van der Waals surface area contributed by atoms with Crippen LogP contribution < -0.4 is 4.72 Å². The highest BCUT2D eigenvalue weighted by atomic mass is 32.2. The smallest absolute Gasteiger partial charge is 0.253 e. The molecular formula is C19H23N3O3S. The van der Waals surface area contributed by atoms with Crippen LogP contribution in [0, 0.1) is 0 Å². The molecule has 0 atom stereocenters. The Morgan fingerprint density at radius 1 is 1.12 bits per heavy atom. The van der Waals surface area contributed by atoms with Gasteiger partial charge in [0.15, 0.2) is 0 Å². The Hall–Kier alpha value is -2.25. The molecule has 1 aromatic heterocycles. The molecule has 1 aromatic carbocycles. The van der Waals surface area contributed by atoms with E-state index in [9.17, 15) is 13.2 Å². The molecule has 138 valence electrons. The van der Waals surface area contributed by atoms with Crippen LogP contribution >= 0.6 is 0 Å². The maximum atomic E-state index is 12.5. The second-order valence-electron chi connectivity index (χ2n) is 6.35. The minimum absolute atomic E-state index is 0.102. The van der Waals surface area contributed by atoms with Gasteiger partial charge in [0.05, 0.1) is 4.90 Å². The monoisotopic (exact) mass is 373 g/mol. The van der Waals surface area contributed by atoms with E-state index in [0.717, 1.165) is 31.6 Å². The van der Waals surface area contributed by atoms with Crippen molar-refractivity contribution >= 4 is 15.9 Å². The second kappa shape index (κ2) is 8.42. The summed E-state index contributed by atoms with van der Waals surface area (Å²) in [5, 5.41) is 0. The molecular weight excluding hydrogens is 350 g/mol. The summed E-state index contributed by atoms with van der Waals surface area (Å²) in [6, 6.07) is 11.9. The molecule has 0 unspecified atom stereocenters. The molecule has 26 heavy (non-hydrogen) atoms. The number of aryl methyl sites for hydroxylation is 1. The zero-order valence-corrected chi connectivity index (χ0v) is 15.4. The Kier molecular flexibility index (Phi) is 6.00. The van der Waals surface area contributed by atoms with Crippen LogP contribution in [0.3, 0.4) is 0 Å². The Labute approximate surface area is 154 Å². The SMILES string of the molecule is O=C(c1cccc(S(=O)(=O)NCCCc2ccccn2)c1)N1CCCC1. The number of pyridine rings is 1. The van der Waals surface area contributed by atoms with Crippen molar-refractivity contribution in [1.82, 2.24) is 14.6 Å². The molecule has 3 rings (SSSR count). The minimum Gasteiger partial charge on any atom is -0.339 e. The Morgan fingerprint density at radius 3 is 2.65 bits per heavy atom. The molecule has 1 saturated heterocycles. The van der Waals surface area contributed by atoms with Gasteiger partial charge in [-0.15, -0.1) is 0 Å². The van der Waals surface area contributed by atoms with E-state index in [2.05, 4.69) is 9.71 Å². The van der Waals surface area contributed by atoms with Gasteiger partial charge in [0, 0.05) is 37.1 Å². The van der Waals surface area contributed by atoms with Crippen LogP contribution in [-0.2, 0) is 16.4 Å². The van der Waals surface area contributed by atoms with Gasteiger partial charge in [-0.2, -0.15) is 0 Å². The van der Waals surface area contributed by atoms with Crippen LogP contribution in [0.2, 0.25) is 0 Å². The molecule has 1 amide bonds. The molecule has 0 aliphatic carbocycles. The molecule has 0 radical (unpaired) electrons. The van der Waals surface area contributed by atoms with Crippen LogP contribution in [0.1, 0.15) is 35.3 Å². The highest BCUT2D eigenvalue weighted by Gasteiger charge is 2.21. The first-order valence-electron chi connectivity index (χ1n) is 8.85. The molecule has 2 aromatic rings. The molecule has 1 N–H and O–H groups in total. The van der Waals surface area contributed by atoms with Gasteiger partial charge < -0.3 is 4.90 Å². The first-order valence-corrected chi connectivity index (χ1v) is 10.3. The van der Waals surface area contributed by atoms with Gasteiger partial charge in [-0.3, -0.25) is 9.78 Å². The summed E-state index contributed by atoms with van der Waals surface area (Å²) in [6.45, 7) is 1.80. The Balaban J connectivity index is 1.59. The molecule has 6 nitrogen and oxygen atoms in total. The predicted octanol–water partition coefficient (Wildman–Crippen LogP) is 2.23. The first kappa shape index (κ1) is 18.5. The van der Waals surface area contributed by atoms with Crippen LogP contribution in [-0.4, -0.2) is 43.8 Å². The van der Waals surface area contributed by atoms with E-state index in [1.807, 2.05) is 18.2 Å². The van der Waals surface area contributed by atoms with Gasteiger partial charge in [0.2, 0.25) is 10.0 Å². The zero-order valence-electron chi connectivity index (χ0n) is 14.6. The lowest BCUT2D eigenvalue weighted by atomic mass is 10.2. The van der Waals surface area contributed by atoms with Gasteiger partial charge in [0.1, 0.15) is 0 Å². The lowest BCUT2D eigenvalue weighted by molar-refractivity contribution is 0.0792. The van der Waals surface area contributed by atoms with E-state index < -0.39 is 10.0 Å². The lowest BCUT2D eigenvalue weighted by Crippen LogP contribution is -2.28. The number of amides is 1. The average molecular weight is 373 g/mol. The highest BCUT2D eigenvalue weighted by molar-refractivity contribution is 7.89. The fourth-order valence-corrected chi connectivity index (χ4v) is 4.12. The van der Waals surface area contributed by atoms with E-state index in [0.29, 0.717) is 24.9 Å². The van der Waals surface area contributed by atoms with Gasteiger partial charge in [-0.05, 0) is 56.0 Å². The molecule has 0 saturated carbocycles. The Morgan fingerprint density at radius 2 is 1.92 bits per heavy atom. The number of carbonyl (C=O) groups is 1. The number of hydrogen-bond donors (Lipinski definition) is 1. The van der Waals surface area contributed by atoms with Crippen molar-refractivity contribution < 1.29 is 13.2 Å². The topological polar surface area (TPSA) is 79.4 Å². The number of rotatable bonds is 7. The molecule has 0 spiro atoms. The van der Waals surface area contributed by atoms with E-state index in [4.69, 9.17) is 0 Å². The van der Waals surface area contributed by atoms with E-state index in [1.165, 1.54) is 12.1 Å². The number of hydrogen-bond acceptors (Lipinski definition) is 4. The third kappa shape index (κ3) is 4.68. The molecule has 2 heterocycles. The fourth-order valence-electron chi connectivity index (χ4n) is 3.00. The van der Waals surface area contributed by atoms with Crippen molar-refractivity contribution in [2.75, 3.05) is 19.6 Å². The number of aromatic nitrogens is 1. The van der Waals surface area contributed by atoms with Crippen molar-refractivity contribution in [3.63, 3.8) is 0 Å². The van der Waals surface area contributed by atoms with E-state index in [-0.39, 0.29) is 10.8 Å². The maximum Gasteiger partial charge on any atom is 0.253 e. The lowest BCUT2D eigenvalue weighted by Gasteiger charge is -2.15. The van der Waals surface area contributed by atoms with Gasteiger partial charge in [-0.25, -0.2) is 13.1 Å². The maximum absolute atomic E-state index is 12.5. The quantitative estimate of drug-likeness (QED) is 0.755. The van der Waals surface area contributed by atoms with Gasteiger partial charge >= 0.3 is 0 Å². The Bertz CT molecular complexity index is 847. The molecule has 1 aliphatic rings. The van der Waals surface area contributed by atoms with Crippen molar-refractivity contribution in [3.8, 4) is 0 Å². The van der Waals surface area contributed by atoms with Crippen LogP contribution in [0.5, 0.6) is 0 Å². The largest absolute Gasteiger partial charge is 0.339 e. The van der Waals surface area contributed by atoms with Crippen LogP contribution in [0.15, 0.2) is 53.6 Å². The molecule has 1 aliphatic heterocycles. The van der Waals surface area contributed by atoms with Crippen molar-refractivity contribution in [2.45, 2.75) is 30.6 Å². The standard InChI is InChI=1S/C19H23N3O3S/c23-19(22-13-3-4-14-22)16-7-5-10-18(15-16)26(24,25)21-12-6-9-17-8-1-2-11-20-17/h1-2,5,7-8,10-11,15,21H,3-4,6,9,12-14H2. The highest BCUT2D eigenvalue weighted by Crippen LogP contribution is 2.16. The summed E-state index contributed by atoms with van der Waals surface area (Å²) in [4.78, 5) is 18.6. The number of carbonyl (C=O) groups excluding carboxylic acids is 1. The second-order valence-corrected chi connectivity index (χ2v) is 8.12. The van der Waals surface area contributed by atoms with Crippen LogP contribution in [0.4, 0.5) is 0 Å². The normalized spacial score (nSPS) is 14.5. The summed E-state index contributed by atoms with van der Waals surface area (Å²) >= 11 is 0. The van der Waals surface area contributed by atoms with Crippen molar-refractivity contribution in [3.05, 3.63) is 59.9 Å². The number of likely N-dealkylation sites (tertiary alicyclic amines) is 1. The van der Waals surface area contributed by atoms with Crippen molar-refractivity contribution in [2.24, 2.45) is 0 Å². The first-order chi connectivity index (χ1) is 12.6. The molecule has 0 bridgehead atoms. The van der Waals surface area contributed by atoms with Gasteiger partial charge in [-0.1, -0.05) is 12.1 Å². The van der Waals surface area contributed by atoms with E-state index >= 15 is 0 Å². The summed E-state index contributed by atoms with van der Waals surface area (Å²) in [5.41, 5.74) is 1.35. The fraction of sp³-hybridized carbons (Fsp3) is 0.368. The zero-order chi connectivity index (χ0) is 18.4. The van der Waals surface area contributed by atoms with E-state index in [1.54, 1.807) is 23.2 Å². The molecule has 1 fully saturated rings. The summed E-state index contributed by atoms with van der Waals surface area (Å²) < 4.78 is 27.6. The molecule has 7 heteroatoms. The number of nitrogens with one attached hydrogen (secondary N) is 1. The summed E-state index contributed by atoms with van der Waals surface area (Å²) in [5.74, 6) is -0.102. The number of benzene rings is 1.